The minimum atomic E-state index is -4.15. The Labute approximate surface area is 126 Å². The number of carbonyl (C=O) groups is 1. The first kappa shape index (κ1) is 16.0. The average Bonchev–Trinajstić information content (AvgIpc) is 2.80. The zero-order valence-corrected chi connectivity index (χ0v) is 12.7. The maximum absolute atomic E-state index is 13.6. The second-order valence-corrected chi connectivity index (χ2v) is 5.93. The zero-order chi connectivity index (χ0) is 16.3. The molecule has 0 spiro atoms. The molecule has 0 unspecified atom stereocenters. The highest BCUT2D eigenvalue weighted by molar-refractivity contribution is 7.92. The van der Waals surface area contributed by atoms with Gasteiger partial charge in [-0.05, 0) is 19.1 Å². The first-order valence-electron chi connectivity index (χ1n) is 6.33. The number of sulfonamides is 1. The molecule has 118 valence electrons. The molecule has 0 fully saturated rings. The van der Waals surface area contributed by atoms with Crippen LogP contribution in [-0.2, 0) is 21.8 Å². The van der Waals surface area contributed by atoms with Gasteiger partial charge in [0, 0.05) is 7.05 Å². The summed E-state index contributed by atoms with van der Waals surface area (Å²) in [5.41, 5.74) is 0.0769. The van der Waals surface area contributed by atoms with Crippen molar-refractivity contribution in [2.75, 3.05) is 11.3 Å². The smallest absolute Gasteiger partial charge is 0.356 e. The number of carbonyl (C=O) groups excluding carboxylic acids is 1. The Bertz CT molecular complexity index is 801. The monoisotopic (exact) mass is 327 g/mol. The van der Waals surface area contributed by atoms with Crippen molar-refractivity contribution in [2.45, 2.75) is 11.8 Å². The van der Waals surface area contributed by atoms with Gasteiger partial charge in [0.05, 0.1) is 12.8 Å². The largest absolute Gasteiger partial charge is 0.461 e. The second-order valence-electron chi connectivity index (χ2n) is 4.28. The van der Waals surface area contributed by atoms with E-state index in [9.17, 15) is 17.6 Å². The lowest BCUT2D eigenvalue weighted by Crippen LogP contribution is -2.18. The highest BCUT2D eigenvalue weighted by Crippen LogP contribution is 2.18. The average molecular weight is 327 g/mol. The lowest BCUT2D eigenvalue weighted by atomic mass is 10.4. The molecule has 0 aliphatic heterocycles. The molecule has 0 amide bonds. The van der Waals surface area contributed by atoms with Crippen LogP contribution in [0.4, 0.5) is 10.3 Å². The van der Waals surface area contributed by atoms with E-state index in [1.807, 2.05) is 0 Å². The summed E-state index contributed by atoms with van der Waals surface area (Å²) in [7, 11) is -2.71. The van der Waals surface area contributed by atoms with E-state index < -0.39 is 26.7 Å². The molecule has 0 aliphatic carbocycles. The summed E-state index contributed by atoms with van der Waals surface area (Å²) in [6, 6.07) is 4.96. The molecule has 22 heavy (non-hydrogen) atoms. The van der Waals surface area contributed by atoms with Gasteiger partial charge in [0.25, 0.3) is 10.0 Å². The van der Waals surface area contributed by atoms with Crippen LogP contribution in [0, 0.1) is 5.82 Å². The van der Waals surface area contributed by atoms with Crippen molar-refractivity contribution >= 4 is 21.9 Å². The van der Waals surface area contributed by atoms with Crippen LogP contribution in [0.25, 0.3) is 0 Å². The number of halogens is 1. The maximum Gasteiger partial charge on any atom is 0.356 e. The number of benzene rings is 1. The molecule has 0 bridgehead atoms. The SMILES string of the molecule is CCOC(=O)c1cnc(NS(=O)(=O)c2ccccc2F)n1C. The fourth-order valence-electron chi connectivity index (χ4n) is 1.74. The van der Waals surface area contributed by atoms with E-state index in [4.69, 9.17) is 4.74 Å². The summed E-state index contributed by atoms with van der Waals surface area (Å²) in [6.07, 6.45) is 1.18. The molecule has 1 N–H and O–H groups in total. The van der Waals surface area contributed by atoms with Gasteiger partial charge in [-0.3, -0.25) is 0 Å². The summed E-state index contributed by atoms with van der Waals surface area (Å²) in [5.74, 6) is -1.63. The topological polar surface area (TPSA) is 90.3 Å². The van der Waals surface area contributed by atoms with Crippen LogP contribution in [0.5, 0.6) is 0 Å². The Hall–Kier alpha value is -2.42. The summed E-state index contributed by atoms with van der Waals surface area (Å²) in [6.45, 7) is 1.83. The molecule has 0 radical (unpaired) electrons. The van der Waals surface area contributed by atoms with Crippen molar-refractivity contribution in [1.82, 2.24) is 9.55 Å². The number of nitrogens with zero attached hydrogens (tertiary/aromatic N) is 2. The summed E-state index contributed by atoms with van der Waals surface area (Å²) in [4.78, 5) is 15.0. The van der Waals surface area contributed by atoms with Crippen LogP contribution in [0.2, 0.25) is 0 Å². The fraction of sp³-hybridized carbons (Fsp3) is 0.231. The Morgan fingerprint density at radius 2 is 2.09 bits per heavy atom. The fourth-order valence-corrected chi connectivity index (χ4v) is 2.86. The van der Waals surface area contributed by atoms with Crippen LogP contribution in [-0.4, -0.2) is 30.5 Å². The molecule has 0 saturated carbocycles. The molecule has 7 nitrogen and oxygen atoms in total. The molecular weight excluding hydrogens is 313 g/mol. The number of ether oxygens (including phenoxy) is 1. The van der Waals surface area contributed by atoms with Crippen LogP contribution in [0.3, 0.4) is 0 Å². The number of imidazole rings is 1. The number of hydrogen-bond donors (Lipinski definition) is 1. The number of esters is 1. The van der Waals surface area contributed by atoms with Crippen molar-refractivity contribution in [3.8, 4) is 0 Å². The highest BCUT2D eigenvalue weighted by atomic mass is 32.2. The van der Waals surface area contributed by atoms with Crippen molar-refractivity contribution < 1.29 is 22.3 Å². The molecule has 1 aromatic carbocycles. The molecule has 0 aliphatic rings. The van der Waals surface area contributed by atoms with Gasteiger partial charge in [-0.15, -0.1) is 0 Å². The first-order valence-corrected chi connectivity index (χ1v) is 7.81. The van der Waals surface area contributed by atoms with E-state index in [0.717, 1.165) is 12.1 Å². The third-order valence-corrected chi connectivity index (χ3v) is 4.19. The second kappa shape index (κ2) is 6.14. The predicted octanol–water partition coefficient (Wildman–Crippen LogP) is 1.54. The quantitative estimate of drug-likeness (QED) is 0.841. The number of hydrogen-bond acceptors (Lipinski definition) is 5. The molecule has 9 heteroatoms. The van der Waals surface area contributed by atoms with Gasteiger partial charge < -0.3 is 9.30 Å². The first-order chi connectivity index (χ1) is 10.4. The normalized spacial score (nSPS) is 11.2. The molecule has 2 rings (SSSR count). The van der Waals surface area contributed by atoms with Gasteiger partial charge in [0.15, 0.2) is 0 Å². The van der Waals surface area contributed by atoms with Crippen LogP contribution < -0.4 is 4.72 Å². The van der Waals surface area contributed by atoms with E-state index in [-0.39, 0.29) is 18.2 Å². The predicted molar refractivity (Wildman–Crippen MR) is 76.4 cm³/mol. The zero-order valence-electron chi connectivity index (χ0n) is 11.9. The van der Waals surface area contributed by atoms with Crippen molar-refractivity contribution in [3.05, 3.63) is 42.0 Å². The minimum Gasteiger partial charge on any atom is -0.461 e. The molecule has 0 atom stereocenters. The Morgan fingerprint density at radius 3 is 2.73 bits per heavy atom. The molecule has 0 saturated heterocycles. The number of anilines is 1. The van der Waals surface area contributed by atoms with Crippen molar-refractivity contribution in [2.24, 2.45) is 7.05 Å². The van der Waals surface area contributed by atoms with E-state index in [2.05, 4.69) is 9.71 Å². The lowest BCUT2D eigenvalue weighted by molar-refractivity contribution is 0.0515. The highest BCUT2D eigenvalue weighted by Gasteiger charge is 2.22. The minimum absolute atomic E-state index is 0.0769. The van der Waals surface area contributed by atoms with Crippen molar-refractivity contribution in [1.29, 1.82) is 0 Å². The number of rotatable bonds is 5. The third kappa shape index (κ3) is 3.08. The summed E-state index contributed by atoms with van der Waals surface area (Å²) >= 11 is 0. The molecule has 1 aromatic heterocycles. The number of aromatic nitrogens is 2. The lowest BCUT2D eigenvalue weighted by Gasteiger charge is -2.09. The van der Waals surface area contributed by atoms with E-state index in [0.29, 0.717) is 0 Å². The molecular formula is C13H14FN3O4S. The molecule has 2 aromatic rings. The van der Waals surface area contributed by atoms with Crippen molar-refractivity contribution in [3.63, 3.8) is 0 Å². The van der Waals surface area contributed by atoms with E-state index in [1.54, 1.807) is 6.92 Å². The summed E-state index contributed by atoms with van der Waals surface area (Å²) in [5, 5.41) is 0. The third-order valence-electron chi connectivity index (χ3n) is 2.82. The van der Waals surface area contributed by atoms with E-state index >= 15 is 0 Å². The number of nitrogens with one attached hydrogen (secondary N) is 1. The Morgan fingerprint density at radius 1 is 1.41 bits per heavy atom. The van der Waals surface area contributed by atoms with Gasteiger partial charge in [0.1, 0.15) is 16.4 Å². The standard InChI is InChI=1S/C13H14FN3O4S/c1-3-21-12(18)10-8-15-13(17(10)2)16-22(19,20)11-7-5-4-6-9(11)14/h4-8H,3H2,1-2H3,(H,15,16). The van der Waals surface area contributed by atoms with Gasteiger partial charge in [-0.1, -0.05) is 12.1 Å². The van der Waals surface area contributed by atoms with Gasteiger partial charge in [-0.2, -0.15) is 0 Å². The van der Waals surface area contributed by atoms with Crippen LogP contribution in [0.15, 0.2) is 35.4 Å². The maximum atomic E-state index is 13.6. The molecule has 1 heterocycles. The Kier molecular flexibility index (Phi) is 4.45. The Balaban J connectivity index is 2.32. The van der Waals surface area contributed by atoms with Gasteiger partial charge in [-0.25, -0.2) is 27.3 Å². The summed E-state index contributed by atoms with van der Waals surface area (Å²) < 4.78 is 46.1. The van der Waals surface area contributed by atoms with Gasteiger partial charge in [0.2, 0.25) is 5.95 Å². The van der Waals surface area contributed by atoms with Gasteiger partial charge >= 0.3 is 5.97 Å². The van der Waals surface area contributed by atoms with Crippen LogP contribution in [0.1, 0.15) is 17.4 Å². The van der Waals surface area contributed by atoms with Crippen LogP contribution >= 0.6 is 0 Å². The van der Waals surface area contributed by atoms with E-state index in [1.165, 1.54) is 29.9 Å².